The van der Waals surface area contributed by atoms with Crippen LogP contribution in [0.5, 0.6) is 11.5 Å². The third kappa shape index (κ3) is 4.50. The molecule has 1 aliphatic rings. The van der Waals surface area contributed by atoms with Gasteiger partial charge < -0.3 is 14.4 Å². The van der Waals surface area contributed by atoms with E-state index >= 15 is 0 Å². The van der Waals surface area contributed by atoms with Crippen LogP contribution >= 0.6 is 0 Å². The molecule has 0 bridgehead atoms. The number of anilines is 1. The number of aromatic amines is 1. The van der Waals surface area contributed by atoms with Crippen molar-refractivity contribution in [1.29, 1.82) is 0 Å². The molecule has 0 amide bonds. The van der Waals surface area contributed by atoms with E-state index in [1.165, 1.54) is 0 Å². The highest BCUT2D eigenvalue weighted by Crippen LogP contribution is 2.29. The van der Waals surface area contributed by atoms with Crippen LogP contribution in [0.15, 0.2) is 36.4 Å². The van der Waals surface area contributed by atoms with Gasteiger partial charge in [-0.25, -0.2) is 9.97 Å². The van der Waals surface area contributed by atoms with Crippen LogP contribution in [-0.4, -0.2) is 47.0 Å². The largest absolute Gasteiger partial charge is 0.493 e. The Balaban J connectivity index is 1.33. The molecule has 7 heteroatoms. The number of hydrogen-bond acceptors (Lipinski definition) is 6. The lowest BCUT2D eigenvalue weighted by atomic mass is 10.0. The Hall–Kier alpha value is -3.09. The molecular weight excluding hydrogens is 366 g/mol. The highest BCUT2D eigenvalue weighted by atomic mass is 16.5. The van der Waals surface area contributed by atoms with Crippen LogP contribution in [0, 0.1) is 13.8 Å². The summed E-state index contributed by atoms with van der Waals surface area (Å²) in [4.78, 5) is 11.4. The molecule has 4 rings (SSSR count). The van der Waals surface area contributed by atoms with E-state index in [0.29, 0.717) is 12.5 Å². The van der Waals surface area contributed by atoms with Gasteiger partial charge in [0.05, 0.1) is 19.4 Å². The quantitative estimate of drug-likeness (QED) is 0.663. The highest BCUT2D eigenvalue weighted by Gasteiger charge is 2.27. The zero-order chi connectivity index (χ0) is 20.2. The Kier molecular flexibility index (Phi) is 5.64. The second kappa shape index (κ2) is 8.51. The minimum atomic E-state index is 0.388. The predicted octanol–water partition coefficient (Wildman–Crippen LogP) is 3.44. The van der Waals surface area contributed by atoms with E-state index in [1.807, 2.05) is 44.2 Å². The van der Waals surface area contributed by atoms with Crippen molar-refractivity contribution in [2.45, 2.75) is 32.6 Å². The molecule has 1 N–H and O–H groups in total. The zero-order valence-electron chi connectivity index (χ0n) is 17.2. The van der Waals surface area contributed by atoms with Crippen molar-refractivity contribution >= 4 is 5.95 Å². The van der Waals surface area contributed by atoms with Crippen molar-refractivity contribution in [1.82, 2.24) is 20.2 Å². The number of aromatic nitrogens is 4. The summed E-state index contributed by atoms with van der Waals surface area (Å²) in [5, 5.41) is 7.71. The number of ether oxygens (including phenoxy) is 2. The molecule has 0 unspecified atom stereocenters. The summed E-state index contributed by atoms with van der Waals surface area (Å²) < 4.78 is 11.2. The van der Waals surface area contributed by atoms with Crippen LogP contribution in [0.3, 0.4) is 0 Å². The Bertz CT molecular complexity index is 951. The number of benzene rings is 1. The minimum Gasteiger partial charge on any atom is -0.493 e. The molecule has 0 radical (unpaired) electrons. The molecule has 1 saturated heterocycles. The molecule has 0 saturated carbocycles. The lowest BCUT2D eigenvalue weighted by molar-refractivity contribution is 0.296. The maximum Gasteiger partial charge on any atom is 0.225 e. The van der Waals surface area contributed by atoms with E-state index in [-0.39, 0.29) is 0 Å². The maximum absolute atomic E-state index is 5.87. The SMILES string of the molecule is COc1ccccc1OCCc1cc([C@H]2CCN(c3nc(C)cc(C)n3)C2)n[nH]1. The second-order valence-corrected chi connectivity index (χ2v) is 7.45. The fourth-order valence-electron chi connectivity index (χ4n) is 3.76. The Morgan fingerprint density at radius 2 is 1.86 bits per heavy atom. The van der Waals surface area contributed by atoms with Gasteiger partial charge in [0.25, 0.3) is 0 Å². The Morgan fingerprint density at radius 1 is 1.10 bits per heavy atom. The van der Waals surface area contributed by atoms with Gasteiger partial charge >= 0.3 is 0 Å². The third-order valence-corrected chi connectivity index (χ3v) is 5.21. The van der Waals surface area contributed by atoms with Crippen molar-refractivity contribution < 1.29 is 9.47 Å². The lowest BCUT2D eigenvalue weighted by Gasteiger charge is -2.16. The number of hydrogen-bond donors (Lipinski definition) is 1. The topological polar surface area (TPSA) is 76.2 Å². The molecule has 29 heavy (non-hydrogen) atoms. The molecule has 2 aromatic heterocycles. The van der Waals surface area contributed by atoms with Gasteiger partial charge in [0.2, 0.25) is 5.95 Å². The van der Waals surface area contributed by atoms with Gasteiger partial charge in [-0.15, -0.1) is 0 Å². The van der Waals surface area contributed by atoms with Crippen molar-refractivity contribution in [3.8, 4) is 11.5 Å². The molecule has 1 aliphatic heterocycles. The number of nitrogens with one attached hydrogen (secondary N) is 1. The third-order valence-electron chi connectivity index (χ3n) is 5.21. The van der Waals surface area contributed by atoms with Crippen LogP contribution in [0.2, 0.25) is 0 Å². The molecule has 1 aromatic carbocycles. The predicted molar refractivity (Wildman–Crippen MR) is 112 cm³/mol. The first-order valence-corrected chi connectivity index (χ1v) is 9.99. The van der Waals surface area contributed by atoms with E-state index < -0.39 is 0 Å². The van der Waals surface area contributed by atoms with Gasteiger partial charge in [-0.2, -0.15) is 5.10 Å². The summed E-state index contributed by atoms with van der Waals surface area (Å²) in [6.45, 7) is 6.43. The number of rotatable bonds is 7. The molecule has 0 aliphatic carbocycles. The summed E-state index contributed by atoms with van der Waals surface area (Å²) in [6.07, 6.45) is 1.82. The smallest absolute Gasteiger partial charge is 0.225 e. The van der Waals surface area contributed by atoms with Crippen LogP contribution in [0.25, 0.3) is 0 Å². The fraction of sp³-hybridized carbons (Fsp3) is 0.409. The Labute approximate surface area is 171 Å². The summed E-state index contributed by atoms with van der Waals surface area (Å²) in [6, 6.07) is 11.8. The minimum absolute atomic E-state index is 0.388. The van der Waals surface area contributed by atoms with Crippen molar-refractivity contribution in [2.24, 2.45) is 0 Å². The fourth-order valence-corrected chi connectivity index (χ4v) is 3.76. The lowest BCUT2D eigenvalue weighted by Crippen LogP contribution is -2.22. The molecule has 0 spiro atoms. The van der Waals surface area contributed by atoms with Crippen LogP contribution < -0.4 is 14.4 Å². The van der Waals surface area contributed by atoms with Gasteiger partial charge in [0, 0.05) is 42.5 Å². The van der Waals surface area contributed by atoms with Gasteiger partial charge in [-0.05, 0) is 44.5 Å². The summed E-state index contributed by atoms with van der Waals surface area (Å²) in [5.74, 6) is 2.72. The van der Waals surface area contributed by atoms with Crippen LogP contribution in [0.4, 0.5) is 5.95 Å². The standard InChI is InChI=1S/C22H27N5O2/c1-15-12-16(2)24-22(23-15)27-10-8-17(14-27)19-13-18(25-26-19)9-11-29-21-7-5-4-6-20(21)28-3/h4-7,12-13,17H,8-11,14H2,1-3H3,(H,25,26)/t17-/m0/s1. The monoisotopic (exact) mass is 393 g/mol. The second-order valence-electron chi connectivity index (χ2n) is 7.45. The van der Waals surface area contributed by atoms with Crippen molar-refractivity contribution in [3.63, 3.8) is 0 Å². The number of para-hydroxylation sites is 2. The summed E-state index contributed by atoms with van der Waals surface area (Å²) in [5.41, 5.74) is 4.20. The summed E-state index contributed by atoms with van der Waals surface area (Å²) in [7, 11) is 1.65. The number of aryl methyl sites for hydroxylation is 2. The normalized spacial score (nSPS) is 16.2. The molecule has 1 atom stereocenters. The first kappa shape index (κ1) is 19.2. The van der Waals surface area contributed by atoms with E-state index in [0.717, 1.165) is 66.2 Å². The van der Waals surface area contributed by atoms with Crippen LogP contribution in [0.1, 0.15) is 35.1 Å². The first-order chi connectivity index (χ1) is 14.1. The van der Waals surface area contributed by atoms with Crippen molar-refractivity contribution in [3.05, 3.63) is 59.2 Å². The number of nitrogens with zero attached hydrogens (tertiary/aromatic N) is 4. The average molecular weight is 393 g/mol. The molecular formula is C22H27N5O2. The van der Waals surface area contributed by atoms with E-state index in [9.17, 15) is 0 Å². The first-order valence-electron chi connectivity index (χ1n) is 9.99. The van der Waals surface area contributed by atoms with Gasteiger partial charge in [0.15, 0.2) is 11.5 Å². The Morgan fingerprint density at radius 3 is 2.62 bits per heavy atom. The molecule has 7 nitrogen and oxygen atoms in total. The molecule has 152 valence electrons. The van der Waals surface area contributed by atoms with Gasteiger partial charge in [0.1, 0.15) is 0 Å². The van der Waals surface area contributed by atoms with E-state index in [4.69, 9.17) is 9.47 Å². The van der Waals surface area contributed by atoms with Gasteiger partial charge in [-0.1, -0.05) is 12.1 Å². The van der Waals surface area contributed by atoms with E-state index in [2.05, 4.69) is 31.1 Å². The molecule has 3 heterocycles. The number of methoxy groups -OCH3 is 1. The molecule has 3 aromatic rings. The molecule has 1 fully saturated rings. The zero-order valence-corrected chi connectivity index (χ0v) is 17.2. The average Bonchev–Trinajstić information content (AvgIpc) is 3.37. The highest BCUT2D eigenvalue weighted by molar-refractivity contribution is 5.39. The number of H-pyrrole nitrogens is 1. The van der Waals surface area contributed by atoms with Gasteiger partial charge in [-0.3, -0.25) is 5.10 Å². The maximum atomic E-state index is 5.87. The van der Waals surface area contributed by atoms with Crippen molar-refractivity contribution in [2.75, 3.05) is 31.7 Å². The van der Waals surface area contributed by atoms with Crippen LogP contribution in [-0.2, 0) is 6.42 Å². The summed E-state index contributed by atoms with van der Waals surface area (Å²) >= 11 is 0. The van der Waals surface area contributed by atoms with E-state index in [1.54, 1.807) is 7.11 Å².